The monoisotopic (exact) mass is 681 g/mol. The van der Waals surface area contributed by atoms with Gasteiger partial charge in [0.25, 0.3) is 0 Å². The molecule has 0 radical (unpaired) electrons. The minimum absolute atomic E-state index is 1.08. The summed E-state index contributed by atoms with van der Waals surface area (Å²) >= 11 is 0. The zero-order valence-electron chi connectivity index (χ0n) is 29.4. The fourth-order valence-electron chi connectivity index (χ4n) is 6.77. The van der Waals surface area contributed by atoms with Gasteiger partial charge in [0, 0.05) is 51.2 Å². The quantitative estimate of drug-likeness (QED) is 0.135. The molecule has 0 unspecified atom stereocenters. The van der Waals surface area contributed by atoms with Gasteiger partial charge in [-0.3, -0.25) is 0 Å². The molecule has 0 fully saturated rings. The summed E-state index contributed by atoms with van der Waals surface area (Å²) in [6, 6.07) is 77.0. The predicted octanol–water partition coefficient (Wildman–Crippen LogP) is 14.4. The Balaban J connectivity index is 1.09. The third-order valence-electron chi connectivity index (χ3n) is 9.40. The molecule has 8 aromatic rings. The van der Waals surface area contributed by atoms with Crippen LogP contribution >= 0.6 is 0 Å². The molecule has 0 N–H and O–H groups in total. The van der Waals surface area contributed by atoms with Crippen molar-refractivity contribution in [1.29, 1.82) is 0 Å². The third-order valence-corrected chi connectivity index (χ3v) is 9.40. The molecule has 8 aromatic carbocycles. The Bertz CT molecular complexity index is 2320. The van der Waals surface area contributed by atoms with Crippen LogP contribution in [0.15, 0.2) is 225 Å². The van der Waals surface area contributed by atoms with Crippen LogP contribution in [-0.4, -0.2) is 0 Å². The van der Waals surface area contributed by atoms with Gasteiger partial charge < -0.3 is 14.7 Å². The van der Waals surface area contributed by atoms with Gasteiger partial charge in [0.05, 0.1) is 0 Å². The summed E-state index contributed by atoms with van der Waals surface area (Å²) in [4.78, 5) is 6.87. The number of hydrogen-bond donors (Lipinski definition) is 0. The van der Waals surface area contributed by atoms with E-state index in [0.717, 1.165) is 67.9 Å². The second-order valence-electron chi connectivity index (χ2n) is 12.8. The minimum atomic E-state index is 1.08. The molecular weight excluding hydrogens is 643 g/mol. The first-order valence-electron chi connectivity index (χ1n) is 17.9. The molecule has 3 nitrogen and oxygen atoms in total. The highest BCUT2D eigenvalue weighted by Crippen LogP contribution is 2.40. The Hall–Kier alpha value is -7.10. The molecule has 0 aromatic heterocycles. The van der Waals surface area contributed by atoms with Crippen LogP contribution in [0.4, 0.5) is 51.2 Å². The van der Waals surface area contributed by atoms with Gasteiger partial charge in [-0.2, -0.15) is 0 Å². The van der Waals surface area contributed by atoms with Crippen molar-refractivity contribution in [3.63, 3.8) is 0 Å². The summed E-state index contributed by atoms with van der Waals surface area (Å²) < 4.78 is 0. The topological polar surface area (TPSA) is 9.72 Å². The van der Waals surface area contributed by atoms with E-state index in [0.29, 0.717) is 0 Å². The first-order valence-corrected chi connectivity index (χ1v) is 17.9. The third kappa shape index (κ3) is 7.23. The molecular formula is C50H39N3. The predicted molar refractivity (Wildman–Crippen MR) is 226 cm³/mol. The van der Waals surface area contributed by atoms with Gasteiger partial charge in [-0.15, -0.1) is 0 Å². The number of anilines is 9. The Labute approximate surface area is 312 Å². The molecule has 0 atom stereocenters. The van der Waals surface area contributed by atoms with Crippen LogP contribution in [0.25, 0.3) is 17.2 Å². The SMILES string of the molecule is C=Cc1ccc(N(c2ccccc2)c2ccc(-c3ccc(N(c4ccccc4)c4ccc(N(c5ccccc5)c5ccccc5)cc4)cc3)cc2)cc1. The van der Waals surface area contributed by atoms with Crippen LogP contribution < -0.4 is 14.7 Å². The molecule has 0 aliphatic heterocycles. The highest BCUT2D eigenvalue weighted by Gasteiger charge is 2.17. The summed E-state index contributed by atoms with van der Waals surface area (Å²) in [7, 11) is 0. The molecule has 53 heavy (non-hydrogen) atoms. The normalized spacial score (nSPS) is 10.7. The molecule has 0 aliphatic rings. The van der Waals surface area contributed by atoms with Crippen molar-refractivity contribution in [2.75, 3.05) is 14.7 Å². The van der Waals surface area contributed by atoms with Crippen molar-refractivity contribution >= 4 is 57.3 Å². The highest BCUT2D eigenvalue weighted by molar-refractivity contribution is 5.83. The second kappa shape index (κ2) is 15.4. The largest absolute Gasteiger partial charge is 0.311 e. The summed E-state index contributed by atoms with van der Waals surface area (Å²) in [5.41, 5.74) is 13.3. The number of nitrogens with zero attached hydrogens (tertiary/aromatic N) is 3. The van der Waals surface area contributed by atoms with Crippen molar-refractivity contribution < 1.29 is 0 Å². The lowest BCUT2D eigenvalue weighted by molar-refractivity contribution is 1.26. The average molecular weight is 682 g/mol. The van der Waals surface area contributed by atoms with E-state index in [-0.39, 0.29) is 0 Å². The van der Waals surface area contributed by atoms with Crippen molar-refractivity contribution in [2.45, 2.75) is 0 Å². The van der Waals surface area contributed by atoms with Gasteiger partial charge >= 0.3 is 0 Å². The van der Waals surface area contributed by atoms with Crippen LogP contribution in [0.2, 0.25) is 0 Å². The molecule has 0 spiro atoms. The number of hydrogen-bond acceptors (Lipinski definition) is 3. The molecule has 0 amide bonds. The van der Waals surface area contributed by atoms with Gasteiger partial charge in [-0.25, -0.2) is 0 Å². The van der Waals surface area contributed by atoms with Crippen molar-refractivity contribution in [2.24, 2.45) is 0 Å². The van der Waals surface area contributed by atoms with E-state index in [9.17, 15) is 0 Å². The van der Waals surface area contributed by atoms with E-state index < -0.39 is 0 Å². The number of benzene rings is 8. The fraction of sp³-hybridized carbons (Fsp3) is 0. The van der Waals surface area contributed by atoms with Gasteiger partial charge in [0.2, 0.25) is 0 Å². The van der Waals surface area contributed by atoms with Crippen LogP contribution in [0.1, 0.15) is 5.56 Å². The van der Waals surface area contributed by atoms with E-state index in [1.807, 2.05) is 6.08 Å². The average Bonchev–Trinajstić information content (AvgIpc) is 3.24. The summed E-state index contributed by atoms with van der Waals surface area (Å²) in [5.74, 6) is 0. The molecule has 8 rings (SSSR count). The lowest BCUT2D eigenvalue weighted by Gasteiger charge is -2.28. The Morgan fingerprint density at radius 1 is 0.245 bits per heavy atom. The summed E-state index contributed by atoms with van der Waals surface area (Å²) in [6.45, 7) is 3.92. The number of para-hydroxylation sites is 4. The van der Waals surface area contributed by atoms with Crippen molar-refractivity contribution in [3.05, 3.63) is 231 Å². The van der Waals surface area contributed by atoms with E-state index in [2.05, 4.69) is 240 Å². The zero-order chi connectivity index (χ0) is 35.8. The Morgan fingerprint density at radius 2 is 0.453 bits per heavy atom. The molecule has 254 valence electrons. The van der Waals surface area contributed by atoms with Crippen LogP contribution in [0.3, 0.4) is 0 Å². The minimum Gasteiger partial charge on any atom is -0.311 e. The smallest absolute Gasteiger partial charge is 0.0463 e. The molecule has 0 aliphatic carbocycles. The maximum absolute atomic E-state index is 3.92. The Morgan fingerprint density at radius 3 is 0.698 bits per heavy atom. The van der Waals surface area contributed by atoms with Gasteiger partial charge in [-0.1, -0.05) is 122 Å². The summed E-state index contributed by atoms with van der Waals surface area (Å²) in [6.07, 6.45) is 1.87. The number of rotatable bonds is 11. The van der Waals surface area contributed by atoms with Crippen molar-refractivity contribution in [1.82, 2.24) is 0 Å². The molecule has 0 saturated carbocycles. The van der Waals surface area contributed by atoms with Gasteiger partial charge in [0.15, 0.2) is 0 Å². The molecule has 0 saturated heterocycles. The van der Waals surface area contributed by atoms with E-state index in [1.165, 1.54) is 0 Å². The maximum Gasteiger partial charge on any atom is 0.0463 e. The highest BCUT2D eigenvalue weighted by atomic mass is 15.2. The van der Waals surface area contributed by atoms with Gasteiger partial charge in [0.1, 0.15) is 0 Å². The van der Waals surface area contributed by atoms with E-state index in [4.69, 9.17) is 0 Å². The van der Waals surface area contributed by atoms with E-state index >= 15 is 0 Å². The maximum atomic E-state index is 3.92. The first-order chi connectivity index (χ1) is 26.2. The lowest BCUT2D eigenvalue weighted by atomic mass is 10.0. The van der Waals surface area contributed by atoms with Crippen LogP contribution in [0.5, 0.6) is 0 Å². The zero-order valence-corrected chi connectivity index (χ0v) is 29.4. The molecule has 0 heterocycles. The first kappa shape index (κ1) is 33.1. The van der Waals surface area contributed by atoms with E-state index in [1.54, 1.807) is 0 Å². The lowest BCUT2D eigenvalue weighted by Crippen LogP contribution is -2.12. The van der Waals surface area contributed by atoms with Crippen LogP contribution in [0, 0.1) is 0 Å². The molecule has 3 heteroatoms. The second-order valence-corrected chi connectivity index (χ2v) is 12.8. The Kier molecular flexibility index (Phi) is 9.62. The van der Waals surface area contributed by atoms with Crippen molar-refractivity contribution in [3.8, 4) is 11.1 Å². The van der Waals surface area contributed by atoms with Gasteiger partial charge in [-0.05, 0) is 126 Å². The van der Waals surface area contributed by atoms with Crippen LogP contribution in [-0.2, 0) is 0 Å². The fourth-order valence-corrected chi connectivity index (χ4v) is 6.77. The summed E-state index contributed by atoms with van der Waals surface area (Å²) in [5, 5.41) is 0. The molecule has 0 bridgehead atoms. The standard InChI is InChI=1S/C50H39N3/c1-2-39-23-29-46(30-24-39)52(44-19-11-5-12-20-44)47-31-25-40(26-32-47)41-27-33-48(34-28-41)53(45-21-13-6-14-22-45)50-37-35-49(36-38-50)51(42-15-7-3-8-16-42)43-17-9-4-10-18-43/h2-38H,1H2.